The van der Waals surface area contributed by atoms with E-state index in [1.807, 2.05) is 36.5 Å². The first kappa shape index (κ1) is 18.4. The molecule has 1 N–H and O–H groups in total. The number of ether oxygens (including phenoxy) is 1. The summed E-state index contributed by atoms with van der Waals surface area (Å²) in [6, 6.07) is 11.5. The monoisotopic (exact) mass is 354 g/mol. The van der Waals surface area contributed by atoms with Crippen LogP contribution in [0.3, 0.4) is 0 Å². The summed E-state index contributed by atoms with van der Waals surface area (Å²) in [6.45, 7) is 7.05. The van der Waals surface area contributed by atoms with Crippen LogP contribution in [0.4, 0.5) is 5.69 Å². The molecular weight excluding hydrogens is 328 g/mol. The van der Waals surface area contributed by atoms with Crippen molar-refractivity contribution in [3.63, 3.8) is 0 Å². The van der Waals surface area contributed by atoms with Crippen molar-refractivity contribution in [3.8, 4) is 5.75 Å². The fourth-order valence-electron chi connectivity index (χ4n) is 3.11. The van der Waals surface area contributed by atoms with Crippen LogP contribution < -0.4 is 10.1 Å². The van der Waals surface area contributed by atoms with Crippen LogP contribution in [0.25, 0.3) is 0 Å². The number of amides is 1. The van der Waals surface area contributed by atoms with Gasteiger partial charge in [-0.1, -0.05) is 12.1 Å². The summed E-state index contributed by atoms with van der Waals surface area (Å²) in [6.07, 6.45) is 1.85. The molecule has 2 heterocycles. The maximum absolute atomic E-state index is 12.3. The zero-order chi connectivity index (χ0) is 18.4. The number of hydrogen-bond donors (Lipinski definition) is 1. The number of nitrogens with zero attached hydrogens (tertiary/aromatic N) is 3. The highest BCUT2D eigenvalue weighted by Crippen LogP contribution is 2.17. The molecule has 1 fully saturated rings. The fourth-order valence-corrected chi connectivity index (χ4v) is 3.11. The minimum atomic E-state index is 0.00673. The number of carbonyl (C=O) groups is 1. The molecular formula is C20H26N4O2. The summed E-state index contributed by atoms with van der Waals surface area (Å²) >= 11 is 0. The quantitative estimate of drug-likeness (QED) is 0.861. The number of pyridine rings is 1. The Morgan fingerprint density at radius 3 is 2.65 bits per heavy atom. The van der Waals surface area contributed by atoms with Crippen molar-refractivity contribution in [2.24, 2.45) is 0 Å². The van der Waals surface area contributed by atoms with Crippen molar-refractivity contribution in [2.45, 2.75) is 13.5 Å². The molecule has 0 atom stereocenters. The Balaban J connectivity index is 1.44. The number of anilines is 1. The van der Waals surface area contributed by atoms with E-state index in [4.69, 9.17) is 4.74 Å². The van der Waals surface area contributed by atoms with E-state index in [2.05, 4.69) is 33.1 Å². The van der Waals surface area contributed by atoms with Gasteiger partial charge in [-0.2, -0.15) is 0 Å². The van der Waals surface area contributed by atoms with Crippen LogP contribution in [0.5, 0.6) is 5.75 Å². The van der Waals surface area contributed by atoms with Gasteiger partial charge in [-0.25, -0.2) is 0 Å². The maximum atomic E-state index is 12.3. The van der Waals surface area contributed by atoms with Gasteiger partial charge in [0.15, 0.2) is 0 Å². The molecule has 6 nitrogen and oxygen atoms in total. The molecule has 0 spiro atoms. The van der Waals surface area contributed by atoms with Gasteiger partial charge in [-0.3, -0.25) is 19.6 Å². The normalized spacial score (nSPS) is 15.6. The van der Waals surface area contributed by atoms with Gasteiger partial charge in [0.05, 0.1) is 19.3 Å². The number of carbonyl (C=O) groups excluding carboxylic acids is 1. The van der Waals surface area contributed by atoms with Crippen LogP contribution in [0.1, 0.15) is 11.3 Å². The molecule has 1 aliphatic rings. The summed E-state index contributed by atoms with van der Waals surface area (Å²) in [5.74, 6) is 0.744. The predicted molar refractivity (Wildman–Crippen MR) is 102 cm³/mol. The molecule has 1 aromatic heterocycles. The van der Waals surface area contributed by atoms with Crippen LogP contribution in [-0.2, 0) is 11.3 Å². The van der Waals surface area contributed by atoms with E-state index in [0.717, 1.165) is 49.9 Å². The summed E-state index contributed by atoms with van der Waals surface area (Å²) in [5, 5.41) is 2.94. The van der Waals surface area contributed by atoms with E-state index in [-0.39, 0.29) is 5.91 Å². The Kier molecular flexibility index (Phi) is 6.20. The lowest BCUT2D eigenvalue weighted by Gasteiger charge is -2.34. The Morgan fingerprint density at radius 2 is 1.92 bits per heavy atom. The number of nitrogens with one attached hydrogen (secondary N) is 1. The molecule has 3 rings (SSSR count). The smallest absolute Gasteiger partial charge is 0.238 e. The Labute approximate surface area is 154 Å². The third kappa shape index (κ3) is 5.03. The van der Waals surface area contributed by atoms with Crippen molar-refractivity contribution < 1.29 is 9.53 Å². The number of hydrogen-bond acceptors (Lipinski definition) is 5. The zero-order valence-corrected chi connectivity index (χ0v) is 15.4. The number of aromatic nitrogens is 1. The van der Waals surface area contributed by atoms with Crippen molar-refractivity contribution in [2.75, 3.05) is 45.2 Å². The summed E-state index contributed by atoms with van der Waals surface area (Å²) in [4.78, 5) is 21.3. The fraction of sp³-hybridized carbons (Fsp3) is 0.400. The maximum Gasteiger partial charge on any atom is 0.238 e. The first-order chi connectivity index (χ1) is 12.6. The number of piperazine rings is 1. The molecule has 1 aromatic carbocycles. The highest BCUT2D eigenvalue weighted by atomic mass is 16.5. The largest absolute Gasteiger partial charge is 0.497 e. The number of rotatable bonds is 6. The summed E-state index contributed by atoms with van der Waals surface area (Å²) in [5.41, 5.74) is 3.13. The first-order valence-corrected chi connectivity index (χ1v) is 8.93. The number of methoxy groups -OCH3 is 1. The highest BCUT2D eigenvalue weighted by molar-refractivity contribution is 5.92. The van der Waals surface area contributed by atoms with Crippen LogP contribution in [0.15, 0.2) is 42.6 Å². The van der Waals surface area contributed by atoms with Gasteiger partial charge < -0.3 is 10.1 Å². The Morgan fingerprint density at radius 1 is 1.15 bits per heavy atom. The number of benzene rings is 1. The third-order valence-electron chi connectivity index (χ3n) is 4.68. The van der Waals surface area contributed by atoms with Gasteiger partial charge in [-0.15, -0.1) is 0 Å². The molecule has 0 radical (unpaired) electrons. The van der Waals surface area contributed by atoms with Crippen molar-refractivity contribution in [1.29, 1.82) is 0 Å². The summed E-state index contributed by atoms with van der Waals surface area (Å²) < 4.78 is 5.18. The number of aryl methyl sites for hydroxylation is 1. The Bertz CT molecular complexity index is 742. The molecule has 0 bridgehead atoms. The van der Waals surface area contributed by atoms with E-state index < -0.39 is 0 Å². The van der Waals surface area contributed by atoms with Gasteiger partial charge in [0.25, 0.3) is 0 Å². The van der Waals surface area contributed by atoms with E-state index in [1.165, 1.54) is 5.56 Å². The molecule has 0 unspecified atom stereocenters. The first-order valence-electron chi connectivity index (χ1n) is 8.93. The van der Waals surface area contributed by atoms with Gasteiger partial charge >= 0.3 is 0 Å². The highest BCUT2D eigenvalue weighted by Gasteiger charge is 2.19. The second-order valence-electron chi connectivity index (χ2n) is 6.60. The van der Waals surface area contributed by atoms with Crippen LogP contribution >= 0.6 is 0 Å². The van der Waals surface area contributed by atoms with E-state index in [0.29, 0.717) is 6.54 Å². The van der Waals surface area contributed by atoms with Gasteiger partial charge in [0.1, 0.15) is 5.75 Å². The summed E-state index contributed by atoms with van der Waals surface area (Å²) in [7, 11) is 1.62. The average molecular weight is 354 g/mol. The zero-order valence-electron chi connectivity index (χ0n) is 15.4. The third-order valence-corrected chi connectivity index (χ3v) is 4.68. The Hall–Kier alpha value is -2.44. The predicted octanol–water partition coefficient (Wildman–Crippen LogP) is 2.15. The van der Waals surface area contributed by atoms with Crippen LogP contribution in [-0.4, -0.2) is 60.5 Å². The van der Waals surface area contributed by atoms with E-state index >= 15 is 0 Å². The van der Waals surface area contributed by atoms with Gasteiger partial charge in [-0.05, 0) is 30.7 Å². The lowest BCUT2D eigenvalue weighted by Crippen LogP contribution is -2.48. The molecule has 0 aliphatic carbocycles. The molecule has 138 valence electrons. The molecule has 1 saturated heterocycles. The SMILES string of the molecule is COc1cccc(NC(=O)CN2CCN(Cc3ncccc3C)CC2)c1. The van der Waals surface area contributed by atoms with E-state index in [9.17, 15) is 4.79 Å². The van der Waals surface area contributed by atoms with E-state index in [1.54, 1.807) is 7.11 Å². The average Bonchev–Trinajstić information content (AvgIpc) is 2.65. The standard InChI is InChI=1S/C20H26N4O2/c1-16-5-4-8-21-19(16)14-23-9-11-24(12-10-23)15-20(25)22-17-6-3-7-18(13-17)26-2/h3-8,13H,9-12,14-15H2,1-2H3,(H,22,25). The minimum Gasteiger partial charge on any atom is -0.497 e. The van der Waals surface area contributed by atoms with Crippen molar-refractivity contribution in [3.05, 3.63) is 53.9 Å². The molecule has 2 aromatic rings. The molecule has 6 heteroatoms. The van der Waals surface area contributed by atoms with Crippen LogP contribution in [0.2, 0.25) is 0 Å². The van der Waals surface area contributed by atoms with Crippen LogP contribution in [0, 0.1) is 6.92 Å². The second kappa shape index (κ2) is 8.78. The van der Waals surface area contributed by atoms with Gasteiger partial charge in [0.2, 0.25) is 5.91 Å². The lowest BCUT2D eigenvalue weighted by molar-refractivity contribution is -0.117. The molecule has 0 saturated carbocycles. The van der Waals surface area contributed by atoms with Gasteiger partial charge in [0, 0.05) is 50.7 Å². The molecule has 1 aliphatic heterocycles. The van der Waals surface area contributed by atoms with Crippen molar-refractivity contribution >= 4 is 11.6 Å². The minimum absolute atomic E-state index is 0.00673. The molecule has 26 heavy (non-hydrogen) atoms. The topological polar surface area (TPSA) is 57.7 Å². The molecule has 1 amide bonds. The van der Waals surface area contributed by atoms with Crippen molar-refractivity contribution in [1.82, 2.24) is 14.8 Å². The second-order valence-corrected chi connectivity index (χ2v) is 6.60. The lowest BCUT2D eigenvalue weighted by atomic mass is 10.2.